The van der Waals surface area contributed by atoms with E-state index in [9.17, 15) is 0 Å². The quantitative estimate of drug-likeness (QED) is 0.460. The van der Waals surface area contributed by atoms with E-state index < -0.39 is 0 Å². The SMILES string of the molecule is CCOCCOC1CC(Cl)C1OCCOC. The Kier molecular flexibility index (Phi) is 7.32. The summed E-state index contributed by atoms with van der Waals surface area (Å²) in [6.45, 7) is 5.08. The van der Waals surface area contributed by atoms with Gasteiger partial charge in [0.25, 0.3) is 0 Å². The molecule has 5 heteroatoms. The summed E-state index contributed by atoms with van der Waals surface area (Å²) in [4.78, 5) is 0. The molecule has 1 rings (SSSR count). The van der Waals surface area contributed by atoms with Gasteiger partial charge in [-0.15, -0.1) is 11.6 Å². The Bertz CT molecular complexity index is 179. The fourth-order valence-corrected chi connectivity index (χ4v) is 1.98. The second-order valence-corrected chi connectivity index (χ2v) is 4.25. The van der Waals surface area contributed by atoms with Crippen LogP contribution in [0.4, 0.5) is 0 Å². The molecule has 1 aliphatic carbocycles. The number of ether oxygens (including phenoxy) is 4. The van der Waals surface area contributed by atoms with Crippen LogP contribution in [0.5, 0.6) is 0 Å². The highest BCUT2D eigenvalue weighted by Gasteiger charge is 2.41. The van der Waals surface area contributed by atoms with Gasteiger partial charge >= 0.3 is 0 Å². The first-order valence-electron chi connectivity index (χ1n) is 5.73. The van der Waals surface area contributed by atoms with Gasteiger partial charge in [0, 0.05) is 13.7 Å². The molecule has 0 radical (unpaired) electrons. The van der Waals surface area contributed by atoms with Crippen LogP contribution in [-0.4, -0.2) is 57.7 Å². The molecule has 0 aromatic carbocycles. The fourth-order valence-electron chi connectivity index (χ4n) is 1.57. The van der Waals surface area contributed by atoms with Crippen molar-refractivity contribution in [1.29, 1.82) is 0 Å². The summed E-state index contributed by atoms with van der Waals surface area (Å²) in [6, 6.07) is 0. The van der Waals surface area contributed by atoms with Crippen molar-refractivity contribution in [3.8, 4) is 0 Å². The molecule has 0 bridgehead atoms. The molecule has 0 N–H and O–H groups in total. The smallest absolute Gasteiger partial charge is 0.100 e. The van der Waals surface area contributed by atoms with Gasteiger partial charge in [-0.2, -0.15) is 0 Å². The van der Waals surface area contributed by atoms with Crippen molar-refractivity contribution in [2.45, 2.75) is 30.9 Å². The van der Waals surface area contributed by atoms with Gasteiger partial charge in [0.15, 0.2) is 0 Å². The van der Waals surface area contributed by atoms with Gasteiger partial charge in [-0.25, -0.2) is 0 Å². The molecule has 16 heavy (non-hydrogen) atoms. The van der Waals surface area contributed by atoms with Crippen LogP contribution >= 0.6 is 11.6 Å². The molecule has 3 atom stereocenters. The molecule has 0 saturated heterocycles. The topological polar surface area (TPSA) is 36.9 Å². The molecule has 0 spiro atoms. The van der Waals surface area contributed by atoms with Gasteiger partial charge in [0.1, 0.15) is 6.10 Å². The molecule has 3 unspecified atom stereocenters. The first kappa shape index (κ1) is 14.2. The standard InChI is InChI=1S/C11H21ClO4/c1-3-14-5-7-15-10-8-9(12)11(10)16-6-4-13-2/h9-11H,3-8H2,1-2H3. The molecule has 0 aromatic rings. The number of methoxy groups -OCH3 is 1. The maximum atomic E-state index is 6.05. The molecular formula is C11H21ClO4. The highest BCUT2D eigenvalue weighted by atomic mass is 35.5. The van der Waals surface area contributed by atoms with Crippen LogP contribution in [0, 0.1) is 0 Å². The third kappa shape index (κ3) is 4.55. The first-order valence-corrected chi connectivity index (χ1v) is 6.17. The normalized spacial score (nSPS) is 29.1. The summed E-state index contributed by atoms with van der Waals surface area (Å²) in [5.41, 5.74) is 0. The average Bonchev–Trinajstić information content (AvgIpc) is 2.28. The molecule has 0 amide bonds. The van der Waals surface area contributed by atoms with E-state index in [-0.39, 0.29) is 17.6 Å². The number of alkyl halides is 1. The summed E-state index contributed by atoms with van der Waals surface area (Å²) < 4.78 is 21.3. The first-order chi connectivity index (χ1) is 7.79. The molecule has 1 fully saturated rings. The van der Waals surface area contributed by atoms with E-state index in [1.807, 2.05) is 6.92 Å². The second-order valence-electron chi connectivity index (χ2n) is 3.69. The Balaban J connectivity index is 2.07. The van der Waals surface area contributed by atoms with Crippen molar-refractivity contribution in [3.63, 3.8) is 0 Å². The van der Waals surface area contributed by atoms with Crippen molar-refractivity contribution >= 4 is 11.6 Å². The zero-order valence-electron chi connectivity index (χ0n) is 9.99. The molecule has 96 valence electrons. The molecule has 0 aromatic heterocycles. The average molecular weight is 253 g/mol. The van der Waals surface area contributed by atoms with Crippen molar-refractivity contribution in [2.24, 2.45) is 0 Å². The maximum absolute atomic E-state index is 6.05. The lowest BCUT2D eigenvalue weighted by atomic mass is 9.91. The van der Waals surface area contributed by atoms with Crippen LogP contribution < -0.4 is 0 Å². The van der Waals surface area contributed by atoms with Gasteiger partial charge in [0.05, 0.1) is 37.9 Å². The second kappa shape index (κ2) is 8.25. The number of halogens is 1. The van der Waals surface area contributed by atoms with Crippen LogP contribution in [0.3, 0.4) is 0 Å². The van der Waals surface area contributed by atoms with Gasteiger partial charge < -0.3 is 18.9 Å². The minimum absolute atomic E-state index is 0.00144. The van der Waals surface area contributed by atoms with E-state index >= 15 is 0 Å². The third-order valence-corrected chi connectivity index (χ3v) is 2.97. The Hall–Kier alpha value is 0.130. The minimum Gasteiger partial charge on any atom is -0.382 e. The highest BCUT2D eigenvalue weighted by molar-refractivity contribution is 6.21. The number of hydrogen-bond donors (Lipinski definition) is 0. The Morgan fingerprint density at radius 1 is 1.12 bits per heavy atom. The van der Waals surface area contributed by atoms with Crippen molar-refractivity contribution in [2.75, 3.05) is 40.1 Å². The predicted octanol–water partition coefficient (Wildman–Crippen LogP) is 1.45. The van der Waals surface area contributed by atoms with E-state index in [1.54, 1.807) is 7.11 Å². The van der Waals surface area contributed by atoms with Crippen LogP contribution in [0.15, 0.2) is 0 Å². The molecule has 0 aliphatic heterocycles. The number of rotatable bonds is 9. The largest absolute Gasteiger partial charge is 0.382 e. The molecule has 1 aliphatic rings. The number of hydrogen-bond acceptors (Lipinski definition) is 4. The van der Waals surface area contributed by atoms with Gasteiger partial charge in [-0.1, -0.05) is 0 Å². The molecule has 0 heterocycles. The van der Waals surface area contributed by atoms with E-state index in [2.05, 4.69) is 0 Å². The van der Waals surface area contributed by atoms with E-state index in [4.69, 9.17) is 30.5 Å². The highest BCUT2D eigenvalue weighted by Crippen LogP contribution is 2.31. The Morgan fingerprint density at radius 2 is 1.88 bits per heavy atom. The van der Waals surface area contributed by atoms with Crippen molar-refractivity contribution < 1.29 is 18.9 Å². The minimum atomic E-state index is -0.00144. The van der Waals surface area contributed by atoms with Gasteiger partial charge in [0.2, 0.25) is 0 Å². The summed E-state index contributed by atoms with van der Waals surface area (Å²) in [7, 11) is 1.65. The zero-order chi connectivity index (χ0) is 11.8. The molecule has 1 saturated carbocycles. The van der Waals surface area contributed by atoms with Crippen LogP contribution in [-0.2, 0) is 18.9 Å². The molecule has 4 nitrogen and oxygen atoms in total. The van der Waals surface area contributed by atoms with Gasteiger partial charge in [-0.3, -0.25) is 0 Å². The van der Waals surface area contributed by atoms with E-state index in [0.29, 0.717) is 26.4 Å². The predicted molar refractivity (Wildman–Crippen MR) is 62.1 cm³/mol. The summed E-state index contributed by atoms with van der Waals surface area (Å²) in [6.07, 6.45) is 0.962. The van der Waals surface area contributed by atoms with Crippen molar-refractivity contribution in [3.05, 3.63) is 0 Å². The lowest BCUT2D eigenvalue weighted by molar-refractivity contribution is -0.136. The van der Waals surface area contributed by atoms with Crippen LogP contribution in [0.25, 0.3) is 0 Å². The maximum Gasteiger partial charge on any atom is 0.100 e. The zero-order valence-corrected chi connectivity index (χ0v) is 10.7. The Morgan fingerprint density at radius 3 is 2.50 bits per heavy atom. The monoisotopic (exact) mass is 252 g/mol. The third-order valence-electron chi connectivity index (χ3n) is 2.54. The molecular weight excluding hydrogens is 232 g/mol. The Labute approximate surface area is 102 Å². The van der Waals surface area contributed by atoms with E-state index in [0.717, 1.165) is 13.0 Å². The van der Waals surface area contributed by atoms with Crippen LogP contribution in [0.2, 0.25) is 0 Å². The van der Waals surface area contributed by atoms with E-state index in [1.165, 1.54) is 0 Å². The van der Waals surface area contributed by atoms with Gasteiger partial charge in [-0.05, 0) is 13.3 Å². The summed E-state index contributed by atoms with van der Waals surface area (Å²) >= 11 is 6.05. The van der Waals surface area contributed by atoms with Crippen molar-refractivity contribution in [1.82, 2.24) is 0 Å². The lowest BCUT2D eigenvalue weighted by Crippen LogP contribution is -2.51. The summed E-state index contributed by atoms with van der Waals surface area (Å²) in [5, 5.41) is 0.0638. The lowest BCUT2D eigenvalue weighted by Gasteiger charge is -2.40. The fraction of sp³-hybridized carbons (Fsp3) is 1.00. The van der Waals surface area contributed by atoms with Crippen LogP contribution in [0.1, 0.15) is 13.3 Å². The summed E-state index contributed by atoms with van der Waals surface area (Å²) in [5.74, 6) is 0.